The van der Waals surface area contributed by atoms with Crippen LogP contribution in [0.3, 0.4) is 0 Å². The second-order valence-electron chi connectivity index (χ2n) is 5.69. The number of aromatic hydroxyl groups is 1. The summed E-state index contributed by atoms with van der Waals surface area (Å²) in [6.07, 6.45) is 4.30. The number of nitrogens with zero attached hydrogens (tertiary/aromatic N) is 1. The zero-order chi connectivity index (χ0) is 14.1. The number of carbonyl (C=O) groups excluding carboxylic acids is 1. The van der Waals surface area contributed by atoms with E-state index in [1.54, 1.807) is 0 Å². The third-order valence-electron chi connectivity index (χ3n) is 4.35. The van der Waals surface area contributed by atoms with E-state index in [9.17, 15) is 9.18 Å². The Kier molecular flexibility index (Phi) is 3.61. The van der Waals surface area contributed by atoms with Crippen molar-refractivity contribution in [1.29, 1.82) is 0 Å². The summed E-state index contributed by atoms with van der Waals surface area (Å²) in [6.45, 7) is 2.17. The van der Waals surface area contributed by atoms with Gasteiger partial charge in [-0.05, 0) is 44.4 Å². The minimum absolute atomic E-state index is 0.00310. The maximum atomic E-state index is 13.6. The first kappa shape index (κ1) is 13.4. The van der Waals surface area contributed by atoms with E-state index in [0.717, 1.165) is 32.0 Å². The Balaban J connectivity index is 1.64. The number of rotatable bonds is 2. The van der Waals surface area contributed by atoms with Gasteiger partial charge in [0.1, 0.15) is 11.6 Å². The zero-order valence-corrected chi connectivity index (χ0v) is 11.3. The van der Waals surface area contributed by atoms with Gasteiger partial charge in [0.2, 0.25) is 0 Å². The minimum atomic E-state index is -0.680. The largest absolute Gasteiger partial charge is 0.508 e. The minimum Gasteiger partial charge on any atom is -0.508 e. The van der Waals surface area contributed by atoms with Crippen molar-refractivity contribution >= 4 is 5.91 Å². The van der Waals surface area contributed by atoms with Crippen molar-refractivity contribution in [3.8, 4) is 5.75 Å². The van der Waals surface area contributed by atoms with Gasteiger partial charge in [-0.2, -0.15) is 0 Å². The summed E-state index contributed by atoms with van der Waals surface area (Å²) in [5.74, 6) is -1.24. The summed E-state index contributed by atoms with van der Waals surface area (Å²) in [5, 5.41) is 12.1. The molecule has 4 nitrogen and oxygen atoms in total. The lowest BCUT2D eigenvalue weighted by atomic mass is 9.97. The average Bonchev–Trinajstić information content (AvgIpc) is 2.85. The Morgan fingerprint density at radius 3 is 3.00 bits per heavy atom. The Hall–Kier alpha value is -1.62. The first-order valence-corrected chi connectivity index (χ1v) is 7.17. The summed E-state index contributed by atoms with van der Waals surface area (Å²) in [6, 6.07) is 4.31. The molecule has 20 heavy (non-hydrogen) atoms. The van der Waals surface area contributed by atoms with E-state index in [2.05, 4.69) is 10.2 Å². The van der Waals surface area contributed by atoms with Crippen molar-refractivity contribution in [3.63, 3.8) is 0 Å². The molecule has 0 spiro atoms. The number of benzene rings is 1. The number of hydrogen-bond donors (Lipinski definition) is 2. The highest BCUT2D eigenvalue weighted by atomic mass is 19.1. The second kappa shape index (κ2) is 5.40. The van der Waals surface area contributed by atoms with Gasteiger partial charge in [0.15, 0.2) is 0 Å². The van der Waals surface area contributed by atoms with Crippen LogP contribution in [0, 0.1) is 5.82 Å². The molecule has 0 aromatic heterocycles. The van der Waals surface area contributed by atoms with Crippen LogP contribution in [0.25, 0.3) is 0 Å². The maximum Gasteiger partial charge on any atom is 0.254 e. The Morgan fingerprint density at radius 2 is 2.20 bits per heavy atom. The number of carbonyl (C=O) groups is 1. The van der Waals surface area contributed by atoms with Gasteiger partial charge in [0, 0.05) is 24.7 Å². The lowest BCUT2D eigenvalue weighted by molar-refractivity contribution is 0.0892. The number of halogens is 1. The van der Waals surface area contributed by atoms with Gasteiger partial charge in [-0.3, -0.25) is 4.79 Å². The maximum absolute atomic E-state index is 13.6. The highest BCUT2D eigenvalue weighted by molar-refractivity contribution is 5.94. The fourth-order valence-corrected chi connectivity index (χ4v) is 3.31. The number of hydrogen-bond acceptors (Lipinski definition) is 3. The summed E-state index contributed by atoms with van der Waals surface area (Å²) >= 11 is 0. The zero-order valence-electron chi connectivity index (χ0n) is 11.3. The van der Waals surface area contributed by atoms with Gasteiger partial charge in [0.25, 0.3) is 5.91 Å². The summed E-state index contributed by atoms with van der Waals surface area (Å²) < 4.78 is 13.6. The van der Waals surface area contributed by atoms with Crippen molar-refractivity contribution in [2.45, 2.75) is 37.8 Å². The van der Waals surface area contributed by atoms with E-state index in [4.69, 9.17) is 5.11 Å². The molecule has 0 saturated carbocycles. The molecule has 1 aromatic carbocycles. The number of nitrogens with one attached hydrogen (secondary N) is 1. The first-order valence-electron chi connectivity index (χ1n) is 7.17. The highest BCUT2D eigenvalue weighted by Crippen LogP contribution is 2.27. The molecule has 2 fully saturated rings. The molecule has 0 aliphatic carbocycles. The lowest BCUT2D eigenvalue weighted by Crippen LogP contribution is -2.47. The van der Waals surface area contributed by atoms with Crippen molar-refractivity contribution in [1.82, 2.24) is 10.2 Å². The van der Waals surface area contributed by atoms with E-state index >= 15 is 0 Å². The molecule has 5 heteroatoms. The van der Waals surface area contributed by atoms with Crippen LogP contribution in [-0.2, 0) is 0 Å². The quantitative estimate of drug-likeness (QED) is 0.868. The molecule has 1 aromatic rings. The molecule has 2 saturated heterocycles. The summed E-state index contributed by atoms with van der Waals surface area (Å²) in [4.78, 5) is 14.6. The van der Waals surface area contributed by atoms with Gasteiger partial charge in [-0.1, -0.05) is 0 Å². The van der Waals surface area contributed by atoms with Crippen LogP contribution >= 0.6 is 0 Å². The Labute approximate surface area is 117 Å². The number of fused-ring (bicyclic) bond motifs is 1. The van der Waals surface area contributed by atoms with Crippen LogP contribution in [0.2, 0.25) is 0 Å². The molecule has 2 aliphatic rings. The molecule has 3 rings (SSSR count). The van der Waals surface area contributed by atoms with Gasteiger partial charge in [0.05, 0.1) is 5.56 Å². The van der Waals surface area contributed by atoms with Gasteiger partial charge >= 0.3 is 0 Å². The van der Waals surface area contributed by atoms with Crippen molar-refractivity contribution < 1.29 is 14.3 Å². The lowest BCUT2D eigenvalue weighted by Gasteiger charge is -2.35. The number of phenols is 1. The molecule has 2 atom stereocenters. The smallest absolute Gasteiger partial charge is 0.254 e. The van der Waals surface area contributed by atoms with Crippen molar-refractivity contribution in [3.05, 3.63) is 29.6 Å². The van der Waals surface area contributed by atoms with Crippen LogP contribution in [-0.4, -0.2) is 41.1 Å². The number of amides is 1. The molecular weight excluding hydrogens is 259 g/mol. The molecule has 2 unspecified atom stereocenters. The number of piperidine rings is 1. The van der Waals surface area contributed by atoms with Crippen LogP contribution in [0.1, 0.15) is 36.0 Å². The molecular formula is C15H19FN2O2. The molecule has 0 radical (unpaired) electrons. The normalized spacial score (nSPS) is 26.2. The second-order valence-corrected chi connectivity index (χ2v) is 5.69. The first-order chi connectivity index (χ1) is 9.63. The topological polar surface area (TPSA) is 52.6 Å². The standard InChI is InChI=1S/C15H19FN2O2/c16-14-9-12(19)3-4-13(14)15(20)17-10-5-7-18-6-1-2-11(18)8-10/h3-4,9-11,19H,1-2,5-8H2,(H,17,20). The van der Waals surface area contributed by atoms with Gasteiger partial charge < -0.3 is 15.3 Å². The Bertz CT molecular complexity index is 521. The van der Waals surface area contributed by atoms with E-state index < -0.39 is 5.82 Å². The van der Waals surface area contributed by atoms with Crippen molar-refractivity contribution in [2.24, 2.45) is 0 Å². The fraction of sp³-hybridized carbons (Fsp3) is 0.533. The SMILES string of the molecule is O=C(NC1CCN2CCCC2C1)c1ccc(O)cc1F. The third kappa shape index (κ3) is 2.63. The van der Waals surface area contributed by atoms with Crippen molar-refractivity contribution in [2.75, 3.05) is 13.1 Å². The van der Waals surface area contributed by atoms with Crippen LogP contribution in [0.5, 0.6) is 5.75 Å². The number of phenolic OH excluding ortho intramolecular Hbond substituents is 1. The Morgan fingerprint density at radius 1 is 1.35 bits per heavy atom. The van der Waals surface area contributed by atoms with Gasteiger partial charge in [-0.25, -0.2) is 4.39 Å². The van der Waals surface area contributed by atoms with Gasteiger partial charge in [-0.15, -0.1) is 0 Å². The van der Waals surface area contributed by atoms with E-state index in [0.29, 0.717) is 6.04 Å². The highest BCUT2D eigenvalue weighted by Gasteiger charge is 2.32. The summed E-state index contributed by atoms with van der Waals surface area (Å²) in [5.41, 5.74) is -0.00310. The van der Waals surface area contributed by atoms with E-state index in [1.165, 1.54) is 25.0 Å². The van der Waals surface area contributed by atoms with E-state index in [-0.39, 0.29) is 23.3 Å². The third-order valence-corrected chi connectivity index (χ3v) is 4.35. The van der Waals surface area contributed by atoms with Crippen LogP contribution in [0.4, 0.5) is 4.39 Å². The summed E-state index contributed by atoms with van der Waals surface area (Å²) in [7, 11) is 0. The molecule has 0 bridgehead atoms. The molecule has 1 amide bonds. The molecule has 2 aliphatic heterocycles. The predicted octanol–water partition coefficient (Wildman–Crippen LogP) is 1.89. The van der Waals surface area contributed by atoms with E-state index in [1.807, 2.05) is 0 Å². The fourth-order valence-electron chi connectivity index (χ4n) is 3.31. The van der Waals surface area contributed by atoms with Crippen LogP contribution < -0.4 is 5.32 Å². The predicted molar refractivity (Wildman–Crippen MR) is 73.1 cm³/mol. The average molecular weight is 278 g/mol. The monoisotopic (exact) mass is 278 g/mol. The van der Waals surface area contributed by atoms with Crippen LogP contribution in [0.15, 0.2) is 18.2 Å². The molecule has 108 valence electrons. The molecule has 2 heterocycles. The molecule has 2 N–H and O–H groups in total.